The topological polar surface area (TPSA) is 62.2 Å². The fourth-order valence-electron chi connectivity index (χ4n) is 1.18. The van der Waals surface area contributed by atoms with E-state index in [-0.39, 0.29) is 17.1 Å². The number of rotatable bonds is 3. The summed E-state index contributed by atoms with van der Waals surface area (Å²) in [5.74, 6) is -1.89. The molecule has 1 amide bonds. The van der Waals surface area contributed by atoms with Crippen LogP contribution in [0, 0.1) is 11.2 Å². The number of carbonyl (C=O) groups excluding carboxylic acids is 1. The molecule has 0 aliphatic rings. The van der Waals surface area contributed by atoms with Gasteiger partial charge in [0, 0.05) is 5.56 Å². The highest BCUT2D eigenvalue weighted by molar-refractivity contribution is 6.76. The monoisotopic (exact) mass is 326 g/mol. The van der Waals surface area contributed by atoms with Gasteiger partial charge in [0.05, 0.1) is 12.3 Å². The molecule has 19 heavy (non-hydrogen) atoms. The zero-order valence-corrected chi connectivity index (χ0v) is 12.0. The molecule has 0 aliphatic carbocycles. The zero-order chi connectivity index (χ0) is 14.6. The third-order valence-electron chi connectivity index (χ3n) is 2.03. The molecule has 1 rings (SSSR count). The van der Waals surface area contributed by atoms with Crippen molar-refractivity contribution in [3.63, 3.8) is 0 Å². The summed E-state index contributed by atoms with van der Waals surface area (Å²) in [5, 5.41) is 9.63. The van der Waals surface area contributed by atoms with Gasteiger partial charge in [-0.15, -0.1) is 0 Å². The summed E-state index contributed by atoms with van der Waals surface area (Å²) in [4.78, 5) is 11.4. The zero-order valence-electron chi connectivity index (χ0n) is 9.77. The van der Waals surface area contributed by atoms with E-state index in [4.69, 9.17) is 44.9 Å². The summed E-state index contributed by atoms with van der Waals surface area (Å²) in [5.41, 5.74) is 0.0932. The van der Waals surface area contributed by atoms with Crippen LogP contribution in [0.15, 0.2) is 18.2 Å². The predicted molar refractivity (Wildman–Crippen MR) is 73.8 cm³/mol. The maximum absolute atomic E-state index is 13.7. The smallest absolute Gasteiger partial charge is 0.276 e. The minimum atomic E-state index is -2.18. The van der Waals surface area contributed by atoms with Crippen molar-refractivity contribution in [3.8, 4) is 0 Å². The molecular formula is C11H10Cl3FN2O2. The van der Waals surface area contributed by atoms with Crippen LogP contribution in [0.5, 0.6) is 0 Å². The second kappa shape index (κ2) is 6.41. The molecule has 0 unspecified atom stereocenters. The second-order valence-corrected chi connectivity index (χ2v) is 5.69. The number of nitrogens with one attached hydrogen (secondary N) is 2. The minimum Gasteiger partial charge on any atom is -0.478 e. The van der Waals surface area contributed by atoms with Gasteiger partial charge in [0.15, 0.2) is 0 Å². The number of amides is 1. The van der Waals surface area contributed by atoms with E-state index >= 15 is 0 Å². The van der Waals surface area contributed by atoms with Crippen molar-refractivity contribution in [2.24, 2.45) is 0 Å². The van der Waals surface area contributed by atoms with Crippen LogP contribution in [0.25, 0.3) is 0 Å². The van der Waals surface area contributed by atoms with E-state index in [0.29, 0.717) is 6.61 Å². The van der Waals surface area contributed by atoms with Gasteiger partial charge in [-0.05, 0) is 25.1 Å². The van der Waals surface area contributed by atoms with Gasteiger partial charge in [0.1, 0.15) is 5.82 Å². The van der Waals surface area contributed by atoms with Gasteiger partial charge < -0.3 is 10.1 Å². The molecule has 0 fully saturated rings. The molecular weight excluding hydrogens is 317 g/mol. The van der Waals surface area contributed by atoms with Crippen LogP contribution in [0.4, 0.5) is 10.1 Å². The largest absolute Gasteiger partial charge is 0.478 e. The van der Waals surface area contributed by atoms with Crippen LogP contribution in [0.3, 0.4) is 0 Å². The van der Waals surface area contributed by atoms with Crippen molar-refractivity contribution in [2.75, 3.05) is 11.9 Å². The first-order valence-electron chi connectivity index (χ1n) is 5.15. The Labute approximate surface area is 124 Å². The average molecular weight is 328 g/mol. The van der Waals surface area contributed by atoms with Gasteiger partial charge in [-0.1, -0.05) is 34.8 Å². The number of anilines is 1. The molecule has 0 saturated carbocycles. The van der Waals surface area contributed by atoms with Gasteiger partial charge in [0.25, 0.3) is 9.70 Å². The van der Waals surface area contributed by atoms with Gasteiger partial charge in [-0.3, -0.25) is 10.2 Å². The lowest BCUT2D eigenvalue weighted by molar-refractivity contribution is -0.115. The van der Waals surface area contributed by atoms with Crippen LogP contribution in [-0.4, -0.2) is 22.2 Å². The van der Waals surface area contributed by atoms with E-state index in [0.717, 1.165) is 6.07 Å². The number of alkyl halides is 3. The number of benzene rings is 1. The van der Waals surface area contributed by atoms with Crippen LogP contribution in [0.2, 0.25) is 0 Å². The first-order valence-corrected chi connectivity index (χ1v) is 6.28. The van der Waals surface area contributed by atoms with Crippen molar-refractivity contribution < 1.29 is 13.9 Å². The van der Waals surface area contributed by atoms with Gasteiger partial charge in [0.2, 0.25) is 5.90 Å². The Morgan fingerprint density at radius 2 is 2.11 bits per heavy atom. The molecule has 0 radical (unpaired) electrons. The van der Waals surface area contributed by atoms with E-state index in [9.17, 15) is 9.18 Å². The standard InChI is InChI=1S/C11H10Cl3FN2O2/c1-2-19-9(16)6-3-4-8(7(15)5-6)17-10(18)11(12,13)14/h3-5,16H,2H2,1H3,(H,17,18). The van der Waals surface area contributed by atoms with E-state index in [1.165, 1.54) is 12.1 Å². The van der Waals surface area contributed by atoms with Crippen molar-refractivity contribution in [1.29, 1.82) is 5.41 Å². The Bertz CT molecular complexity index is 503. The predicted octanol–water partition coefficient (Wildman–Crippen LogP) is 3.50. The van der Waals surface area contributed by atoms with Crippen molar-refractivity contribution >= 4 is 52.3 Å². The summed E-state index contributed by atoms with van der Waals surface area (Å²) >= 11 is 16.1. The fraction of sp³-hybridized carbons (Fsp3) is 0.273. The maximum atomic E-state index is 13.7. The van der Waals surface area contributed by atoms with Crippen LogP contribution < -0.4 is 5.32 Å². The molecule has 1 aromatic carbocycles. The molecule has 0 atom stereocenters. The molecule has 4 nitrogen and oxygen atoms in total. The Kier molecular flexibility index (Phi) is 5.40. The highest BCUT2D eigenvalue weighted by atomic mass is 35.6. The van der Waals surface area contributed by atoms with E-state index in [1.54, 1.807) is 6.92 Å². The Morgan fingerprint density at radius 1 is 1.47 bits per heavy atom. The summed E-state index contributed by atoms with van der Waals surface area (Å²) in [6.07, 6.45) is 0. The van der Waals surface area contributed by atoms with Crippen molar-refractivity contribution in [2.45, 2.75) is 10.7 Å². The van der Waals surface area contributed by atoms with Crippen molar-refractivity contribution in [3.05, 3.63) is 29.6 Å². The number of hydrogen-bond acceptors (Lipinski definition) is 3. The molecule has 0 aromatic heterocycles. The SMILES string of the molecule is CCOC(=N)c1ccc(NC(=O)C(Cl)(Cl)Cl)c(F)c1. The Balaban J connectivity index is 2.89. The normalized spacial score (nSPS) is 11.0. The first kappa shape index (κ1) is 16.0. The second-order valence-electron chi connectivity index (χ2n) is 3.41. The molecule has 0 aliphatic heterocycles. The average Bonchev–Trinajstić information content (AvgIpc) is 2.30. The molecule has 0 bridgehead atoms. The van der Waals surface area contributed by atoms with Crippen LogP contribution in [-0.2, 0) is 9.53 Å². The number of halogens is 4. The number of hydrogen-bond donors (Lipinski definition) is 2. The lowest BCUT2D eigenvalue weighted by Gasteiger charge is -2.12. The van der Waals surface area contributed by atoms with E-state index < -0.39 is 15.5 Å². The van der Waals surface area contributed by atoms with Crippen LogP contribution in [0.1, 0.15) is 12.5 Å². The summed E-state index contributed by atoms with van der Waals surface area (Å²) in [7, 11) is 0. The molecule has 0 saturated heterocycles. The highest BCUT2D eigenvalue weighted by Gasteiger charge is 2.31. The van der Waals surface area contributed by atoms with Gasteiger partial charge in [-0.2, -0.15) is 0 Å². The molecule has 0 heterocycles. The summed E-state index contributed by atoms with van der Waals surface area (Å²) < 4.78 is 16.4. The highest BCUT2D eigenvalue weighted by Crippen LogP contribution is 2.28. The van der Waals surface area contributed by atoms with Crippen LogP contribution >= 0.6 is 34.8 Å². The quantitative estimate of drug-likeness (QED) is 0.507. The van der Waals surface area contributed by atoms with E-state index in [1.807, 2.05) is 0 Å². The van der Waals surface area contributed by atoms with E-state index in [2.05, 4.69) is 5.32 Å². The summed E-state index contributed by atoms with van der Waals surface area (Å²) in [6, 6.07) is 3.72. The molecule has 0 spiro atoms. The lowest BCUT2D eigenvalue weighted by atomic mass is 10.2. The molecule has 104 valence electrons. The van der Waals surface area contributed by atoms with Gasteiger partial charge >= 0.3 is 0 Å². The van der Waals surface area contributed by atoms with Gasteiger partial charge in [-0.25, -0.2) is 4.39 Å². The molecule has 2 N–H and O–H groups in total. The fourth-order valence-corrected chi connectivity index (χ4v) is 1.32. The Hall–Kier alpha value is -1.04. The first-order chi connectivity index (χ1) is 8.75. The molecule has 1 aromatic rings. The summed E-state index contributed by atoms with van der Waals surface area (Å²) in [6.45, 7) is 2.01. The minimum absolute atomic E-state index is 0.149. The number of carbonyl (C=O) groups is 1. The third-order valence-corrected chi connectivity index (χ3v) is 2.54. The number of ether oxygens (including phenoxy) is 1. The maximum Gasteiger partial charge on any atom is 0.276 e. The third kappa shape index (κ3) is 4.53. The van der Waals surface area contributed by atoms with Crippen molar-refractivity contribution in [1.82, 2.24) is 0 Å². The Morgan fingerprint density at radius 3 is 2.58 bits per heavy atom. The lowest BCUT2D eigenvalue weighted by Crippen LogP contribution is -2.27. The molecule has 8 heteroatoms.